The Morgan fingerprint density at radius 2 is 2.04 bits per heavy atom. The molecule has 140 valence electrons. The van der Waals surface area contributed by atoms with Crippen LogP contribution in [-0.4, -0.2) is 75.3 Å². The highest BCUT2D eigenvalue weighted by molar-refractivity contribution is 14.0. The third-order valence-corrected chi connectivity index (χ3v) is 5.95. The number of hydrogen-bond acceptors (Lipinski definition) is 3. The van der Waals surface area contributed by atoms with Crippen LogP contribution in [0.4, 0.5) is 0 Å². The Morgan fingerprint density at radius 3 is 2.71 bits per heavy atom. The van der Waals surface area contributed by atoms with Gasteiger partial charge in [0.15, 0.2) is 5.96 Å². The molecule has 3 heterocycles. The van der Waals surface area contributed by atoms with Gasteiger partial charge in [-0.25, -0.2) is 0 Å². The molecule has 1 N–H and O–H groups in total. The summed E-state index contributed by atoms with van der Waals surface area (Å²) >= 11 is 0. The second kappa shape index (κ2) is 9.57. The van der Waals surface area contributed by atoms with E-state index in [4.69, 9.17) is 4.74 Å². The van der Waals surface area contributed by atoms with Crippen molar-refractivity contribution >= 4 is 29.9 Å². The van der Waals surface area contributed by atoms with Gasteiger partial charge in [-0.3, -0.25) is 4.99 Å². The van der Waals surface area contributed by atoms with E-state index in [-0.39, 0.29) is 24.0 Å². The van der Waals surface area contributed by atoms with E-state index in [1.54, 1.807) is 0 Å². The third kappa shape index (κ3) is 5.21. The molecule has 24 heavy (non-hydrogen) atoms. The lowest BCUT2D eigenvalue weighted by Gasteiger charge is -2.30. The summed E-state index contributed by atoms with van der Waals surface area (Å²) in [4.78, 5) is 9.54. The molecule has 3 fully saturated rings. The zero-order valence-corrected chi connectivity index (χ0v) is 17.8. The van der Waals surface area contributed by atoms with Crippen molar-refractivity contribution in [2.75, 3.05) is 59.5 Å². The first kappa shape index (κ1) is 20.2. The van der Waals surface area contributed by atoms with Gasteiger partial charge in [-0.15, -0.1) is 24.0 Å². The highest BCUT2D eigenvalue weighted by Crippen LogP contribution is 2.38. The van der Waals surface area contributed by atoms with Crippen LogP contribution in [0.5, 0.6) is 0 Å². The van der Waals surface area contributed by atoms with Crippen molar-refractivity contribution in [2.45, 2.75) is 39.0 Å². The van der Waals surface area contributed by atoms with Crippen LogP contribution in [0, 0.1) is 11.3 Å². The van der Waals surface area contributed by atoms with Gasteiger partial charge in [0.1, 0.15) is 0 Å². The fourth-order valence-corrected chi connectivity index (χ4v) is 4.21. The molecule has 0 aromatic carbocycles. The summed E-state index contributed by atoms with van der Waals surface area (Å²) in [5.41, 5.74) is 0.405. The Morgan fingerprint density at radius 1 is 1.25 bits per heavy atom. The van der Waals surface area contributed by atoms with Crippen LogP contribution in [0.2, 0.25) is 0 Å². The summed E-state index contributed by atoms with van der Waals surface area (Å²) in [5, 5.41) is 3.57. The molecule has 0 radical (unpaired) electrons. The van der Waals surface area contributed by atoms with Crippen LogP contribution in [-0.2, 0) is 4.74 Å². The fraction of sp³-hybridized carbons (Fsp3) is 0.944. The predicted octanol–water partition coefficient (Wildman–Crippen LogP) is 2.41. The van der Waals surface area contributed by atoms with Crippen LogP contribution in [0.1, 0.15) is 39.0 Å². The third-order valence-electron chi connectivity index (χ3n) is 5.95. The molecular weight excluding hydrogens is 415 g/mol. The normalized spacial score (nSPS) is 29.2. The standard InChI is InChI=1S/C18H34N4O.HI/c1-16-4-10-21(11-5-16)9-3-8-20-17(19-2)22-12-6-18(14-22)7-13-23-15-18;/h16H,3-15H2,1-2H3,(H,19,20);1H. The van der Waals surface area contributed by atoms with E-state index in [2.05, 4.69) is 27.0 Å². The molecule has 3 aliphatic heterocycles. The SMILES string of the molecule is CN=C(NCCCN1CCC(C)CC1)N1CCC2(CCOC2)C1.I. The molecule has 0 saturated carbocycles. The highest BCUT2D eigenvalue weighted by Gasteiger charge is 2.42. The van der Waals surface area contributed by atoms with Gasteiger partial charge in [0, 0.05) is 38.7 Å². The van der Waals surface area contributed by atoms with E-state index in [1.165, 1.54) is 51.7 Å². The van der Waals surface area contributed by atoms with E-state index < -0.39 is 0 Å². The largest absolute Gasteiger partial charge is 0.381 e. The predicted molar refractivity (Wildman–Crippen MR) is 110 cm³/mol. The topological polar surface area (TPSA) is 40.1 Å². The highest BCUT2D eigenvalue weighted by atomic mass is 127. The Hall–Kier alpha value is -0.0800. The summed E-state index contributed by atoms with van der Waals surface area (Å²) in [6, 6.07) is 0. The summed E-state index contributed by atoms with van der Waals surface area (Å²) in [6.45, 7) is 11.3. The van der Waals surface area contributed by atoms with E-state index in [1.807, 2.05) is 7.05 Å². The van der Waals surface area contributed by atoms with Crippen molar-refractivity contribution in [1.29, 1.82) is 0 Å². The quantitative estimate of drug-likeness (QED) is 0.309. The van der Waals surface area contributed by atoms with Gasteiger partial charge in [-0.1, -0.05) is 6.92 Å². The first-order valence-corrected chi connectivity index (χ1v) is 9.46. The Kier molecular flexibility index (Phi) is 8.07. The van der Waals surface area contributed by atoms with Gasteiger partial charge in [-0.2, -0.15) is 0 Å². The van der Waals surface area contributed by atoms with E-state index in [9.17, 15) is 0 Å². The second-order valence-corrected chi connectivity index (χ2v) is 7.83. The Labute approximate surface area is 164 Å². The van der Waals surface area contributed by atoms with Gasteiger partial charge in [-0.05, 0) is 57.7 Å². The number of guanidine groups is 1. The number of likely N-dealkylation sites (tertiary alicyclic amines) is 2. The Bertz CT molecular complexity index is 404. The molecule has 0 aromatic heterocycles. The second-order valence-electron chi connectivity index (χ2n) is 7.83. The summed E-state index contributed by atoms with van der Waals surface area (Å²) in [7, 11) is 1.91. The average Bonchev–Trinajstić information content (AvgIpc) is 3.20. The van der Waals surface area contributed by atoms with Crippen LogP contribution >= 0.6 is 24.0 Å². The lowest BCUT2D eigenvalue weighted by atomic mass is 9.87. The van der Waals surface area contributed by atoms with Crippen LogP contribution in [0.15, 0.2) is 4.99 Å². The maximum absolute atomic E-state index is 5.62. The van der Waals surface area contributed by atoms with E-state index in [0.717, 1.165) is 44.7 Å². The van der Waals surface area contributed by atoms with Crippen molar-refractivity contribution in [3.05, 3.63) is 0 Å². The number of aliphatic imine (C=N–C) groups is 1. The molecule has 0 aliphatic carbocycles. The Balaban J connectivity index is 0.00000208. The van der Waals surface area contributed by atoms with Crippen molar-refractivity contribution in [1.82, 2.24) is 15.1 Å². The molecule has 6 heteroatoms. The smallest absolute Gasteiger partial charge is 0.193 e. The fourth-order valence-electron chi connectivity index (χ4n) is 4.21. The van der Waals surface area contributed by atoms with Crippen LogP contribution in [0.25, 0.3) is 0 Å². The molecule has 1 atom stereocenters. The lowest BCUT2D eigenvalue weighted by Crippen LogP contribution is -2.42. The van der Waals surface area contributed by atoms with Crippen molar-refractivity contribution < 1.29 is 4.74 Å². The molecule has 5 nitrogen and oxygen atoms in total. The number of hydrogen-bond donors (Lipinski definition) is 1. The number of ether oxygens (including phenoxy) is 1. The van der Waals surface area contributed by atoms with Crippen LogP contribution < -0.4 is 5.32 Å². The molecule has 0 amide bonds. The monoisotopic (exact) mass is 450 g/mol. The molecular formula is C18H35IN4O. The zero-order chi connectivity index (χ0) is 16.1. The molecule has 3 aliphatic rings. The first-order valence-electron chi connectivity index (χ1n) is 9.46. The van der Waals surface area contributed by atoms with Crippen molar-refractivity contribution in [3.8, 4) is 0 Å². The van der Waals surface area contributed by atoms with E-state index in [0.29, 0.717) is 5.41 Å². The first-order chi connectivity index (χ1) is 11.2. The minimum absolute atomic E-state index is 0. The molecule has 3 saturated heterocycles. The molecule has 3 rings (SSSR count). The van der Waals surface area contributed by atoms with E-state index >= 15 is 0 Å². The van der Waals surface area contributed by atoms with Gasteiger partial charge < -0.3 is 19.9 Å². The average molecular weight is 450 g/mol. The summed E-state index contributed by atoms with van der Waals surface area (Å²) in [6.07, 6.45) is 6.41. The van der Waals surface area contributed by atoms with Gasteiger partial charge in [0.25, 0.3) is 0 Å². The molecule has 1 spiro atoms. The van der Waals surface area contributed by atoms with Crippen LogP contribution in [0.3, 0.4) is 0 Å². The van der Waals surface area contributed by atoms with Gasteiger partial charge in [0.05, 0.1) is 6.61 Å². The number of rotatable bonds is 4. The molecule has 0 bridgehead atoms. The number of nitrogens with one attached hydrogen (secondary N) is 1. The van der Waals surface area contributed by atoms with Crippen molar-refractivity contribution in [2.24, 2.45) is 16.3 Å². The number of halogens is 1. The minimum Gasteiger partial charge on any atom is -0.381 e. The van der Waals surface area contributed by atoms with Gasteiger partial charge >= 0.3 is 0 Å². The molecule has 0 aromatic rings. The minimum atomic E-state index is 0. The van der Waals surface area contributed by atoms with Gasteiger partial charge in [0.2, 0.25) is 0 Å². The zero-order valence-electron chi connectivity index (χ0n) is 15.4. The maximum atomic E-state index is 5.62. The molecule has 1 unspecified atom stereocenters. The summed E-state index contributed by atoms with van der Waals surface area (Å²) in [5.74, 6) is 2.01. The number of piperidine rings is 1. The maximum Gasteiger partial charge on any atom is 0.193 e. The van der Waals surface area contributed by atoms with Crippen molar-refractivity contribution in [3.63, 3.8) is 0 Å². The lowest BCUT2D eigenvalue weighted by molar-refractivity contribution is 0.156. The number of nitrogens with zero attached hydrogens (tertiary/aromatic N) is 3. The summed E-state index contributed by atoms with van der Waals surface area (Å²) < 4.78 is 5.62.